The highest BCUT2D eigenvalue weighted by Crippen LogP contribution is 2.34. The third-order valence-electron chi connectivity index (χ3n) is 7.30. The lowest BCUT2D eigenvalue weighted by Gasteiger charge is -2.41. The summed E-state index contributed by atoms with van der Waals surface area (Å²) in [5.41, 5.74) is 3.71. The van der Waals surface area contributed by atoms with Gasteiger partial charge in [0.05, 0.1) is 17.6 Å². The third-order valence-corrected chi connectivity index (χ3v) is 7.30. The van der Waals surface area contributed by atoms with Crippen LogP contribution >= 0.6 is 0 Å². The van der Waals surface area contributed by atoms with Crippen LogP contribution in [0.1, 0.15) is 36.7 Å². The van der Waals surface area contributed by atoms with Crippen molar-refractivity contribution in [1.82, 2.24) is 14.9 Å². The van der Waals surface area contributed by atoms with Gasteiger partial charge in [-0.1, -0.05) is 13.8 Å². The van der Waals surface area contributed by atoms with Gasteiger partial charge in [0, 0.05) is 61.3 Å². The minimum absolute atomic E-state index is 0.0187. The first kappa shape index (κ1) is 27.0. The zero-order valence-electron chi connectivity index (χ0n) is 23.2. The van der Waals surface area contributed by atoms with Gasteiger partial charge in [-0.15, -0.1) is 0 Å². The van der Waals surface area contributed by atoms with Gasteiger partial charge in [-0.3, -0.25) is 14.4 Å². The van der Waals surface area contributed by atoms with Crippen molar-refractivity contribution in [3.63, 3.8) is 0 Å². The van der Waals surface area contributed by atoms with E-state index >= 15 is 0 Å². The van der Waals surface area contributed by atoms with Crippen LogP contribution in [-0.4, -0.2) is 65.5 Å². The van der Waals surface area contributed by atoms with E-state index in [0.29, 0.717) is 42.6 Å². The summed E-state index contributed by atoms with van der Waals surface area (Å²) < 4.78 is 5.59. The molecular formula is C29H35N7O4. The van der Waals surface area contributed by atoms with Crippen LogP contribution in [0, 0.1) is 12.8 Å². The van der Waals surface area contributed by atoms with Gasteiger partial charge < -0.3 is 35.5 Å². The van der Waals surface area contributed by atoms with Gasteiger partial charge in [-0.25, -0.2) is 4.98 Å². The number of piperazine rings is 1. The molecule has 0 bridgehead atoms. The molecule has 0 saturated carbocycles. The summed E-state index contributed by atoms with van der Waals surface area (Å²) in [6.45, 7) is 11.2. The number of rotatable bonds is 6. The molecule has 0 unspecified atom stereocenters. The Kier molecular flexibility index (Phi) is 7.63. The van der Waals surface area contributed by atoms with Gasteiger partial charge in [0.2, 0.25) is 11.8 Å². The monoisotopic (exact) mass is 545 g/mol. The van der Waals surface area contributed by atoms with Crippen molar-refractivity contribution in [3.8, 4) is 5.88 Å². The highest BCUT2D eigenvalue weighted by Gasteiger charge is 2.29. The number of hydrogen-bond donors (Lipinski definition) is 4. The topological polar surface area (TPSA) is 132 Å². The Morgan fingerprint density at radius 3 is 2.62 bits per heavy atom. The third kappa shape index (κ3) is 5.45. The minimum atomic E-state index is -0.531. The predicted octanol–water partition coefficient (Wildman–Crippen LogP) is 3.57. The maximum Gasteiger partial charge on any atom is 0.263 e. The van der Waals surface area contributed by atoms with Crippen molar-refractivity contribution in [1.29, 1.82) is 0 Å². The molecular weight excluding hydrogens is 510 g/mol. The van der Waals surface area contributed by atoms with Crippen molar-refractivity contribution in [2.24, 2.45) is 5.92 Å². The first-order valence-corrected chi connectivity index (χ1v) is 13.5. The fourth-order valence-electron chi connectivity index (χ4n) is 5.10. The summed E-state index contributed by atoms with van der Waals surface area (Å²) in [4.78, 5) is 49.6. The molecule has 2 aromatic heterocycles. The van der Waals surface area contributed by atoms with Gasteiger partial charge in [0.25, 0.3) is 11.5 Å². The maximum absolute atomic E-state index is 13.3. The summed E-state index contributed by atoms with van der Waals surface area (Å²) in [6, 6.07) is 9.26. The molecule has 2 aliphatic heterocycles. The number of nitrogens with one attached hydrogen (secondary N) is 4. The highest BCUT2D eigenvalue weighted by atomic mass is 16.5. The van der Waals surface area contributed by atoms with E-state index in [4.69, 9.17) is 4.74 Å². The maximum atomic E-state index is 13.3. The van der Waals surface area contributed by atoms with Gasteiger partial charge in [-0.2, -0.15) is 0 Å². The number of nitrogens with zero attached hydrogens (tertiary/aromatic N) is 3. The summed E-state index contributed by atoms with van der Waals surface area (Å²) >= 11 is 0. The molecule has 0 spiro atoms. The quantitative estimate of drug-likeness (QED) is 0.370. The Hall–Kier alpha value is -4.54. The molecule has 40 heavy (non-hydrogen) atoms. The van der Waals surface area contributed by atoms with E-state index in [-0.39, 0.29) is 23.4 Å². The molecule has 2 amide bonds. The smallest absolute Gasteiger partial charge is 0.263 e. The number of benzene rings is 1. The molecule has 1 fully saturated rings. The SMILES string of the molecule is Cc1c(Nc2cc[nH]c(=O)c2C(=O)Nc2ccc(N3CCN(C(=O)C(C)C)[C@@H](C)C3)cc2)cnc2c1NCCO2. The van der Waals surface area contributed by atoms with E-state index in [2.05, 4.69) is 37.7 Å². The summed E-state index contributed by atoms with van der Waals surface area (Å²) in [7, 11) is 0. The summed E-state index contributed by atoms with van der Waals surface area (Å²) in [5, 5.41) is 9.33. The Morgan fingerprint density at radius 2 is 1.90 bits per heavy atom. The lowest BCUT2D eigenvalue weighted by Crippen LogP contribution is -2.55. The standard InChI is InChI=1S/C29H35N7O4/c1-17(2)29(39)36-13-12-35(16-18(36)3)21-7-5-20(6-8-21)33-27(38)24-22(9-10-31-26(24)37)34-23-15-32-28-25(19(23)4)30-11-14-40-28/h5-10,15,17-18,30H,11-14,16H2,1-4H3,(H,33,38)(H2,31,34,37)/t18-/m0/s1. The Bertz CT molecular complexity index is 1470. The van der Waals surface area contributed by atoms with Crippen LogP contribution in [0.2, 0.25) is 0 Å². The first-order valence-electron chi connectivity index (χ1n) is 13.5. The molecule has 0 aliphatic carbocycles. The number of carbonyl (C=O) groups excluding carboxylic acids is 2. The van der Waals surface area contributed by atoms with Crippen LogP contribution in [0.25, 0.3) is 0 Å². The highest BCUT2D eigenvalue weighted by molar-refractivity contribution is 6.08. The van der Waals surface area contributed by atoms with Crippen molar-refractivity contribution in [2.75, 3.05) is 53.6 Å². The first-order chi connectivity index (χ1) is 19.2. The molecule has 210 valence electrons. The number of hydrogen-bond acceptors (Lipinski definition) is 8. The second-order valence-electron chi connectivity index (χ2n) is 10.5. The average molecular weight is 546 g/mol. The van der Waals surface area contributed by atoms with Crippen LogP contribution in [0.15, 0.2) is 47.5 Å². The van der Waals surface area contributed by atoms with E-state index in [1.807, 2.05) is 49.9 Å². The molecule has 5 rings (SSSR count). The number of amides is 2. The largest absolute Gasteiger partial charge is 0.474 e. The molecule has 0 radical (unpaired) electrons. The molecule has 4 heterocycles. The average Bonchev–Trinajstić information content (AvgIpc) is 2.94. The molecule has 1 aromatic carbocycles. The van der Waals surface area contributed by atoms with E-state index < -0.39 is 11.5 Å². The molecule has 11 nitrogen and oxygen atoms in total. The Morgan fingerprint density at radius 1 is 1.12 bits per heavy atom. The van der Waals surface area contributed by atoms with Crippen molar-refractivity contribution in [2.45, 2.75) is 33.7 Å². The van der Waals surface area contributed by atoms with Crippen LogP contribution in [-0.2, 0) is 4.79 Å². The number of fused-ring (bicyclic) bond motifs is 1. The molecule has 1 atom stereocenters. The molecule has 4 N–H and O–H groups in total. The number of H-pyrrole nitrogens is 1. The molecule has 11 heteroatoms. The fourth-order valence-corrected chi connectivity index (χ4v) is 5.10. The number of ether oxygens (including phenoxy) is 1. The molecule has 1 saturated heterocycles. The van der Waals surface area contributed by atoms with Crippen LogP contribution in [0.5, 0.6) is 5.88 Å². The van der Waals surface area contributed by atoms with Crippen LogP contribution in [0.4, 0.5) is 28.4 Å². The Labute approximate surface area is 232 Å². The van der Waals surface area contributed by atoms with Crippen molar-refractivity contribution < 1.29 is 14.3 Å². The number of aromatic nitrogens is 2. The second-order valence-corrected chi connectivity index (χ2v) is 10.5. The van der Waals surface area contributed by atoms with E-state index in [9.17, 15) is 14.4 Å². The van der Waals surface area contributed by atoms with Crippen LogP contribution < -0.4 is 31.1 Å². The number of pyridine rings is 2. The number of anilines is 5. The lowest BCUT2D eigenvalue weighted by atomic mass is 10.1. The van der Waals surface area contributed by atoms with E-state index in [1.165, 1.54) is 6.20 Å². The van der Waals surface area contributed by atoms with Crippen molar-refractivity contribution in [3.05, 3.63) is 64.2 Å². The number of aromatic amines is 1. The molecule has 3 aromatic rings. The van der Waals surface area contributed by atoms with Gasteiger partial charge in [0.1, 0.15) is 17.9 Å². The van der Waals surface area contributed by atoms with Gasteiger partial charge in [-0.05, 0) is 44.2 Å². The van der Waals surface area contributed by atoms with Gasteiger partial charge >= 0.3 is 0 Å². The van der Waals surface area contributed by atoms with Crippen molar-refractivity contribution >= 4 is 40.3 Å². The van der Waals surface area contributed by atoms with Gasteiger partial charge in [0.15, 0.2) is 0 Å². The predicted molar refractivity (Wildman–Crippen MR) is 156 cm³/mol. The van der Waals surface area contributed by atoms with E-state index in [1.54, 1.807) is 12.3 Å². The van der Waals surface area contributed by atoms with Crippen LogP contribution in [0.3, 0.4) is 0 Å². The fraction of sp³-hybridized carbons (Fsp3) is 0.379. The van der Waals surface area contributed by atoms with E-state index in [0.717, 1.165) is 30.0 Å². The minimum Gasteiger partial charge on any atom is -0.474 e. The summed E-state index contributed by atoms with van der Waals surface area (Å²) in [6.07, 6.45) is 3.12. The Balaban J connectivity index is 1.29. The normalized spacial score (nSPS) is 16.6. The molecule has 2 aliphatic rings. The number of carbonyl (C=O) groups is 2. The summed E-state index contributed by atoms with van der Waals surface area (Å²) in [5.74, 6) is 0.159. The lowest BCUT2D eigenvalue weighted by molar-refractivity contribution is -0.136. The zero-order chi connectivity index (χ0) is 28.4. The second kappa shape index (κ2) is 11.3. The zero-order valence-corrected chi connectivity index (χ0v) is 23.2.